The zero-order chi connectivity index (χ0) is 20.2. The number of rotatable bonds is 5. The van der Waals surface area contributed by atoms with E-state index in [1.165, 1.54) is 7.11 Å². The molecule has 2 rings (SSSR count). The van der Waals surface area contributed by atoms with E-state index in [0.717, 1.165) is 29.8 Å². The molecule has 0 heterocycles. The number of benzene rings is 2. The van der Waals surface area contributed by atoms with Gasteiger partial charge in [0.2, 0.25) is 5.91 Å². The highest BCUT2D eigenvalue weighted by atomic mass is 35.5. The first-order valence-electron chi connectivity index (χ1n) is 7.71. The topological polar surface area (TPSA) is 67.4 Å². The third-order valence-corrected chi connectivity index (χ3v) is 4.05. The second-order valence-corrected chi connectivity index (χ2v) is 6.01. The third kappa shape index (κ3) is 5.37. The highest BCUT2D eigenvalue weighted by Gasteiger charge is 2.30. The molecule has 27 heavy (non-hydrogen) atoms. The van der Waals surface area contributed by atoms with Crippen LogP contribution in [0.5, 0.6) is 5.75 Å². The van der Waals surface area contributed by atoms with Gasteiger partial charge in [-0.3, -0.25) is 9.59 Å². The third-order valence-electron chi connectivity index (χ3n) is 3.64. The fraction of sp³-hybridized carbons (Fsp3) is 0.222. The maximum Gasteiger partial charge on any atom is 0.416 e. The summed E-state index contributed by atoms with van der Waals surface area (Å²) in [5.41, 5.74) is 0.257. The molecule has 0 saturated carbocycles. The first kappa shape index (κ1) is 20.6. The van der Waals surface area contributed by atoms with Gasteiger partial charge in [0.1, 0.15) is 5.75 Å². The molecule has 5 nitrogen and oxygen atoms in total. The van der Waals surface area contributed by atoms with Gasteiger partial charge in [0, 0.05) is 16.7 Å². The van der Waals surface area contributed by atoms with Gasteiger partial charge in [-0.25, -0.2) is 0 Å². The Kier molecular flexibility index (Phi) is 6.32. The number of halogens is 4. The van der Waals surface area contributed by atoms with Crippen LogP contribution in [0.3, 0.4) is 0 Å². The van der Waals surface area contributed by atoms with Crippen LogP contribution in [0.2, 0.25) is 5.02 Å². The lowest BCUT2D eigenvalue weighted by atomic mass is 10.1. The Labute approximate surface area is 158 Å². The van der Waals surface area contributed by atoms with Gasteiger partial charge in [-0.15, -0.1) is 0 Å². The van der Waals surface area contributed by atoms with Crippen molar-refractivity contribution in [3.8, 4) is 5.75 Å². The summed E-state index contributed by atoms with van der Waals surface area (Å²) in [5.74, 6) is -0.846. The van der Waals surface area contributed by atoms with E-state index in [-0.39, 0.29) is 12.1 Å². The van der Waals surface area contributed by atoms with Crippen molar-refractivity contribution in [1.82, 2.24) is 5.32 Å². The van der Waals surface area contributed by atoms with E-state index in [2.05, 4.69) is 10.6 Å². The van der Waals surface area contributed by atoms with Crippen LogP contribution in [0, 0.1) is 6.92 Å². The van der Waals surface area contributed by atoms with E-state index < -0.39 is 23.6 Å². The normalized spacial score (nSPS) is 11.0. The molecule has 2 amide bonds. The van der Waals surface area contributed by atoms with Crippen LogP contribution in [-0.2, 0) is 11.0 Å². The van der Waals surface area contributed by atoms with Crippen molar-refractivity contribution >= 4 is 29.1 Å². The van der Waals surface area contributed by atoms with Crippen molar-refractivity contribution in [3.05, 3.63) is 58.1 Å². The molecule has 0 aliphatic heterocycles. The summed E-state index contributed by atoms with van der Waals surface area (Å²) in [4.78, 5) is 24.0. The minimum absolute atomic E-state index is 0.00992. The van der Waals surface area contributed by atoms with E-state index >= 15 is 0 Å². The Morgan fingerprint density at radius 2 is 1.78 bits per heavy atom. The van der Waals surface area contributed by atoms with Crippen LogP contribution in [-0.4, -0.2) is 25.5 Å². The van der Waals surface area contributed by atoms with Crippen molar-refractivity contribution in [2.45, 2.75) is 13.1 Å². The molecule has 0 atom stereocenters. The highest BCUT2D eigenvalue weighted by molar-refractivity contribution is 6.31. The maximum absolute atomic E-state index is 12.5. The van der Waals surface area contributed by atoms with Crippen LogP contribution < -0.4 is 15.4 Å². The number of nitrogens with one attached hydrogen (secondary N) is 2. The number of methoxy groups -OCH3 is 1. The lowest BCUT2D eigenvalue weighted by molar-refractivity contribution is -0.137. The van der Waals surface area contributed by atoms with Gasteiger partial charge in [0.25, 0.3) is 5.91 Å². The second-order valence-electron chi connectivity index (χ2n) is 5.61. The van der Waals surface area contributed by atoms with Gasteiger partial charge in [-0.05, 0) is 42.8 Å². The van der Waals surface area contributed by atoms with Crippen molar-refractivity contribution < 1.29 is 27.5 Å². The Morgan fingerprint density at radius 3 is 2.33 bits per heavy atom. The summed E-state index contributed by atoms with van der Waals surface area (Å²) in [6.45, 7) is 1.38. The molecule has 0 aromatic heterocycles. The summed E-state index contributed by atoms with van der Waals surface area (Å²) < 4.78 is 42.7. The lowest BCUT2D eigenvalue weighted by Crippen LogP contribution is -2.33. The Bertz CT molecular complexity index is 852. The van der Waals surface area contributed by atoms with Crippen molar-refractivity contribution in [2.75, 3.05) is 19.0 Å². The molecular formula is C18H16ClF3N2O3. The molecule has 0 saturated heterocycles. The number of ether oxygens (including phenoxy) is 1. The first-order chi connectivity index (χ1) is 12.6. The molecule has 0 spiro atoms. The molecular weight excluding hydrogens is 385 g/mol. The fourth-order valence-electron chi connectivity index (χ4n) is 2.20. The number of hydrogen-bond acceptors (Lipinski definition) is 3. The molecule has 2 aromatic rings. The smallest absolute Gasteiger partial charge is 0.416 e. The van der Waals surface area contributed by atoms with Gasteiger partial charge >= 0.3 is 6.18 Å². The van der Waals surface area contributed by atoms with Crippen LogP contribution in [0.4, 0.5) is 18.9 Å². The molecule has 0 bridgehead atoms. The zero-order valence-corrected chi connectivity index (χ0v) is 15.2. The van der Waals surface area contributed by atoms with Gasteiger partial charge in [-0.2, -0.15) is 13.2 Å². The molecule has 2 N–H and O–H groups in total. The molecule has 0 aliphatic carbocycles. The van der Waals surface area contributed by atoms with Crippen molar-refractivity contribution in [2.24, 2.45) is 0 Å². The van der Waals surface area contributed by atoms with E-state index in [1.807, 2.05) is 0 Å². The zero-order valence-electron chi connectivity index (χ0n) is 14.4. The Balaban J connectivity index is 1.97. The molecule has 144 valence electrons. The predicted octanol–water partition coefficient (Wildman–Crippen LogP) is 4.04. The van der Waals surface area contributed by atoms with Crippen molar-refractivity contribution in [1.29, 1.82) is 0 Å². The van der Waals surface area contributed by atoms with E-state index in [9.17, 15) is 22.8 Å². The number of amides is 2. The molecule has 0 radical (unpaired) electrons. The highest BCUT2D eigenvalue weighted by Crippen LogP contribution is 2.31. The standard InChI is InChI=1S/C18H16ClF3N2O3/c1-10-7-14(15(27-2)8-13(10)19)24-16(25)9-23-17(26)11-3-5-12(6-4-11)18(20,21)22/h3-8H,9H2,1-2H3,(H,23,26)(H,24,25). The maximum atomic E-state index is 12.5. The van der Waals surface area contributed by atoms with Gasteiger partial charge in [-0.1, -0.05) is 11.6 Å². The van der Waals surface area contributed by atoms with Gasteiger partial charge < -0.3 is 15.4 Å². The fourth-order valence-corrected chi connectivity index (χ4v) is 2.35. The minimum Gasteiger partial charge on any atom is -0.495 e. The molecule has 9 heteroatoms. The first-order valence-corrected chi connectivity index (χ1v) is 8.09. The van der Waals surface area contributed by atoms with Gasteiger partial charge in [0.05, 0.1) is 24.9 Å². The molecule has 2 aromatic carbocycles. The largest absolute Gasteiger partial charge is 0.495 e. The molecule has 0 fully saturated rings. The van der Waals surface area contributed by atoms with Crippen molar-refractivity contribution in [3.63, 3.8) is 0 Å². The molecule has 0 aliphatic rings. The number of hydrogen-bond donors (Lipinski definition) is 2. The van der Waals surface area contributed by atoms with Crippen LogP contribution in [0.25, 0.3) is 0 Å². The van der Waals surface area contributed by atoms with E-state index in [0.29, 0.717) is 16.5 Å². The average Bonchev–Trinajstić information content (AvgIpc) is 2.62. The summed E-state index contributed by atoms with van der Waals surface area (Å²) in [7, 11) is 1.42. The summed E-state index contributed by atoms with van der Waals surface area (Å²) in [6.07, 6.45) is -4.48. The number of anilines is 1. The number of carbonyl (C=O) groups is 2. The van der Waals surface area contributed by atoms with E-state index in [4.69, 9.17) is 16.3 Å². The lowest BCUT2D eigenvalue weighted by Gasteiger charge is -2.13. The van der Waals surface area contributed by atoms with Crippen LogP contribution in [0.15, 0.2) is 36.4 Å². The minimum atomic E-state index is -4.48. The van der Waals surface area contributed by atoms with Gasteiger partial charge in [0.15, 0.2) is 0 Å². The number of carbonyl (C=O) groups excluding carboxylic acids is 2. The quantitative estimate of drug-likeness (QED) is 0.795. The number of alkyl halides is 3. The van der Waals surface area contributed by atoms with Crippen LogP contribution in [0.1, 0.15) is 21.5 Å². The van der Waals surface area contributed by atoms with E-state index in [1.54, 1.807) is 19.1 Å². The monoisotopic (exact) mass is 400 g/mol. The SMILES string of the molecule is COc1cc(Cl)c(C)cc1NC(=O)CNC(=O)c1ccc(C(F)(F)F)cc1. The summed E-state index contributed by atoms with van der Waals surface area (Å²) in [5, 5.41) is 5.39. The summed E-state index contributed by atoms with van der Waals surface area (Å²) >= 11 is 5.99. The summed E-state index contributed by atoms with van der Waals surface area (Å²) in [6, 6.07) is 6.86. The average molecular weight is 401 g/mol. The Hall–Kier alpha value is -2.74. The number of aryl methyl sites for hydroxylation is 1. The predicted molar refractivity (Wildman–Crippen MR) is 95.1 cm³/mol. The van der Waals surface area contributed by atoms with Crippen LogP contribution >= 0.6 is 11.6 Å². The second kappa shape index (κ2) is 8.30. The Morgan fingerprint density at radius 1 is 1.15 bits per heavy atom. The molecule has 0 unspecified atom stereocenters.